The van der Waals surface area contributed by atoms with E-state index >= 15 is 0 Å². The molecule has 0 bridgehead atoms. The van der Waals surface area contributed by atoms with E-state index in [0.717, 1.165) is 18.4 Å². The van der Waals surface area contributed by atoms with Crippen molar-refractivity contribution in [1.29, 1.82) is 0 Å². The van der Waals surface area contributed by atoms with Crippen LogP contribution >= 0.6 is 11.6 Å². The van der Waals surface area contributed by atoms with E-state index < -0.39 is 10.0 Å². The lowest BCUT2D eigenvalue weighted by atomic mass is 10.1. The molecule has 106 valence electrons. The lowest BCUT2D eigenvalue weighted by Crippen LogP contribution is -2.34. The van der Waals surface area contributed by atoms with Gasteiger partial charge >= 0.3 is 0 Å². The molecule has 5 heteroatoms. The van der Waals surface area contributed by atoms with E-state index in [-0.39, 0.29) is 17.7 Å². The monoisotopic (exact) mass is 301 g/mol. The van der Waals surface area contributed by atoms with Crippen LogP contribution in [0.5, 0.6) is 0 Å². The van der Waals surface area contributed by atoms with Crippen molar-refractivity contribution in [3.8, 4) is 0 Å². The highest BCUT2D eigenvalue weighted by Gasteiger charge is 2.32. The second kappa shape index (κ2) is 5.81. The summed E-state index contributed by atoms with van der Waals surface area (Å²) in [4.78, 5) is 0. The molecular weight excluding hydrogens is 282 g/mol. The standard InChI is InChI=1S/C14H20ClNO2S/c1-11(9-15)10-19(17,18)16(2)14-8-7-12-5-3-4-6-13(12)14/h3-6,11,14H,7-10H2,1-2H3. The molecule has 2 unspecified atom stereocenters. The van der Waals surface area contributed by atoms with Gasteiger partial charge in [0.25, 0.3) is 0 Å². The fraction of sp³-hybridized carbons (Fsp3) is 0.571. The first-order valence-corrected chi connectivity index (χ1v) is 8.69. The number of hydrogen-bond acceptors (Lipinski definition) is 2. The second-order valence-electron chi connectivity index (χ2n) is 5.31. The van der Waals surface area contributed by atoms with Crippen LogP contribution in [0.2, 0.25) is 0 Å². The maximum atomic E-state index is 12.4. The van der Waals surface area contributed by atoms with E-state index in [9.17, 15) is 8.42 Å². The molecule has 0 aromatic heterocycles. The Labute approximate surface area is 120 Å². The van der Waals surface area contributed by atoms with E-state index in [2.05, 4.69) is 6.07 Å². The van der Waals surface area contributed by atoms with Gasteiger partial charge in [0.15, 0.2) is 0 Å². The average molecular weight is 302 g/mol. The summed E-state index contributed by atoms with van der Waals surface area (Å²) in [5, 5.41) is 0. The molecule has 0 aliphatic heterocycles. The van der Waals surface area contributed by atoms with Crippen LogP contribution in [0.1, 0.15) is 30.5 Å². The molecule has 0 spiro atoms. The van der Waals surface area contributed by atoms with Gasteiger partial charge in [0.2, 0.25) is 10.0 Å². The highest BCUT2D eigenvalue weighted by Crippen LogP contribution is 2.36. The van der Waals surface area contributed by atoms with Crippen LogP contribution in [0.15, 0.2) is 24.3 Å². The summed E-state index contributed by atoms with van der Waals surface area (Å²) < 4.78 is 26.3. The summed E-state index contributed by atoms with van der Waals surface area (Å²) in [6, 6.07) is 8.06. The fourth-order valence-corrected chi connectivity index (χ4v) is 4.55. The van der Waals surface area contributed by atoms with Crippen molar-refractivity contribution >= 4 is 21.6 Å². The van der Waals surface area contributed by atoms with Crippen LogP contribution in [0.4, 0.5) is 0 Å². The van der Waals surface area contributed by atoms with Crippen molar-refractivity contribution in [2.24, 2.45) is 5.92 Å². The van der Waals surface area contributed by atoms with Gasteiger partial charge in [0.05, 0.1) is 5.75 Å². The van der Waals surface area contributed by atoms with Crippen LogP contribution in [-0.2, 0) is 16.4 Å². The third kappa shape index (κ3) is 3.12. The summed E-state index contributed by atoms with van der Waals surface area (Å²) in [5.41, 5.74) is 2.41. The zero-order chi connectivity index (χ0) is 14.0. The first-order chi connectivity index (χ1) is 8.95. The third-order valence-electron chi connectivity index (χ3n) is 3.74. The molecule has 1 aromatic rings. The molecule has 2 atom stereocenters. The molecule has 1 aromatic carbocycles. The fourth-order valence-electron chi connectivity index (χ4n) is 2.63. The number of rotatable bonds is 5. The molecule has 0 saturated heterocycles. The van der Waals surface area contributed by atoms with Crippen molar-refractivity contribution in [1.82, 2.24) is 4.31 Å². The summed E-state index contributed by atoms with van der Waals surface area (Å²) in [6.07, 6.45) is 1.82. The minimum absolute atomic E-state index is 0.0224. The van der Waals surface area contributed by atoms with E-state index in [0.29, 0.717) is 5.88 Å². The summed E-state index contributed by atoms with van der Waals surface area (Å²) >= 11 is 5.72. The number of aryl methyl sites for hydroxylation is 1. The quantitative estimate of drug-likeness (QED) is 0.784. The predicted octanol–water partition coefficient (Wildman–Crippen LogP) is 2.81. The van der Waals surface area contributed by atoms with Gasteiger partial charge in [-0.3, -0.25) is 0 Å². The van der Waals surface area contributed by atoms with Crippen molar-refractivity contribution in [2.75, 3.05) is 18.7 Å². The SMILES string of the molecule is CC(CCl)CS(=O)(=O)N(C)C1CCc2ccccc21. The number of benzene rings is 1. The van der Waals surface area contributed by atoms with Gasteiger partial charge in [-0.2, -0.15) is 4.31 Å². The van der Waals surface area contributed by atoms with Crippen molar-refractivity contribution in [3.05, 3.63) is 35.4 Å². The van der Waals surface area contributed by atoms with Crippen LogP contribution < -0.4 is 0 Å². The Morgan fingerprint density at radius 3 is 2.79 bits per heavy atom. The molecule has 1 aliphatic rings. The lowest BCUT2D eigenvalue weighted by Gasteiger charge is -2.25. The van der Waals surface area contributed by atoms with Crippen LogP contribution in [0.25, 0.3) is 0 Å². The third-order valence-corrected chi connectivity index (χ3v) is 6.39. The zero-order valence-corrected chi connectivity index (χ0v) is 12.9. The maximum absolute atomic E-state index is 12.4. The number of sulfonamides is 1. The minimum atomic E-state index is -3.25. The van der Waals surface area contributed by atoms with Crippen molar-refractivity contribution in [2.45, 2.75) is 25.8 Å². The normalized spacial score (nSPS) is 20.5. The Hall–Kier alpha value is -0.580. The Bertz CT molecular complexity index is 544. The molecule has 0 radical (unpaired) electrons. The maximum Gasteiger partial charge on any atom is 0.214 e. The van der Waals surface area contributed by atoms with E-state index in [4.69, 9.17) is 11.6 Å². The molecule has 1 aliphatic carbocycles. The lowest BCUT2D eigenvalue weighted by molar-refractivity contribution is 0.371. The molecule has 19 heavy (non-hydrogen) atoms. The number of fused-ring (bicyclic) bond motifs is 1. The zero-order valence-electron chi connectivity index (χ0n) is 11.3. The smallest absolute Gasteiger partial charge is 0.212 e. The molecule has 0 heterocycles. The number of nitrogens with zero attached hydrogens (tertiary/aromatic N) is 1. The molecule has 2 rings (SSSR count). The van der Waals surface area contributed by atoms with Crippen LogP contribution in [0, 0.1) is 5.92 Å². The average Bonchev–Trinajstić information content (AvgIpc) is 2.80. The first kappa shape index (κ1) is 14.8. The van der Waals surface area contributed by atoms with Gasteiger partial charge in [-0.15, -0.1) is 11.6 Å². The molecule has 3 nitrogen and oxygen atoms in total. The van der Waals surface area contributed by atoms with Crippen molar-refractivity contribution in [3.63, 3.8) is 0 Å². The summed E-state index contributed by atoms with van der Waals surface area (Å²) in [5.74, 6) is 0.464. The highest BCUT2D eigenvalue weighted by atomic mass is 35.5. The van der Waals surface area contributed by atoms with Gasteiger partial charge in [0.1, 0.15) is 0 Å². The summed E-state index contributed by atoms with van der Waals surface area (Å²) in [6.45, 7) is 1.86. The number of alkyl halides is 1. The molecule has 0 N–H and O–H groups in total. The number of halogens is 1. The largest absolute Gasteiger partial charge is 0.214 e. The minimum Gasteiger partial charge on any atom is -0.212 e. The van der Waals surface area contributed by atoms with E-state index in [1.54, 1.807) is 7.05 Å². The molecule has 0 fully saturated rings. The van der Waals surface area contributed by atoms with Crippen LogP contribution in [0.3, 0.4) is 0 Å². The number of hydrogen-bond donors (Lipinski definition) is 0. The van der Waals surface area contributed by atoms with Gasteiger partial charge in [-0.05, 0) is 29.9 Å². The first-order valence-electron chi connectivity index (χ1n) is 6.55. The molecule has 0 amide bonds. The molecule has 0 saturated carbocycles. The second-order valence-corrected chi connectivity index (χ2v) is 7.69. The Morgan fingerprint density at radius 2 is 2.11 bits per heavy atom. The topological polar surface area (TPSA) is 37.4 Å². The predicted molar refractivity (Wildman–Crippen MR) is 78.9 cm³/mol. The van der Waals surface area contributed by atoms with Crippen LogP contribution in [-0.4, -0.2) is 31.4 Å². The summed E-state index contributed by atoms with van der Waals surface area (Å²) in [7, 11) is -1.57. The van der Waals surface area contributed by atoms with E-state index in [1.807, 2.05) is 25.1 Å². The Morgan fingerprint density at radius 1 is 1.42 bits per heavy atom. The van der Waals surface area contributed by atoms with Gasteiger partial charge < -0.3 is 0 Å². The van der Waals surface area contributed by atoms with Gasteiger partial charge in [-0.1, -0.05) is 31.2 Å². The Kier molecular flexibility index (Phi) is 4.54. The Balaban J connectivity index is 2.19. The van der Waals surface area contributed by atoms with Crippen molar-refractivity contribution < 1.29 is 8.42 Å². The molecular formula is C14H20ClNO2S. The van der Waals surface area contributed by atoms with Gasteiger partial charge in [-0.25, -0.2) is 8.42 Å². The van der Waals surface area contributed by atoms with Gasteiger partial charge in [0, 0.05) is 19.0 Å². The van der Waals surface area contributed by atoms with E-state index in [1.165, 1.54) is 9.87 Å². The highest BCUT2D eigenvalue weighted by molar-refractivity contribution is 7.89.